The van der Waals surface area contributed by atoms with Crippen molar-refractivity contribution >= 4 is 17.3 Å². The zero-order chi connectivity index (χ0) is 21.0. The average molecular weight is 405 g/mol. The average Bonchev–Trinajstić information content (AvgIpc) is 3.07. The molecule has 3 unspecified atom stereocenters. The second-order valence-corrected chi connectivity index (χ2v) is 8.36. The number of hydrogen-bond acceptors (Lipinski definition) is 6. The Morgan fingerprint density at radius 3 is 2.69 bits per heavy atom. The molecule has 0 aromatic heterocycles. The first-order valence-electron chi connectivity index (χ1n) is 10.5. The van der Waals surface area contributed by atoms with Gasteiger partial charge < -0.3 is 10.1 Å². The highest BCUT2D eigenvalue weighted by molar-refractivity contribution is 5.91. The number of rotatable bonds is 7. The third-order valence-corrected chi connectivity index (χ3v) is 5.78. The molecule has 0 bridgehead atoms. The maximum atomic E-state index is 12.4. The van der Waals surface area contributed by atoms with E-state index in [2.05, 4.69) is 29.0 Å². The van der Waals surface area contributed by atoms with Gasteiger partial charge in [0.15, 0.2) is 0 Å². The van der Waals surface area contributed by atoms with Crippen LogP contribution in [0.15, 0.2) is 18.2 Å². The molecule has 3 atom stereocenters. The summed E-state index contributed by atoms with van der Waals surface area (Å²) < 4.78 is 5.83. The van der Waals surface area contributed by atoms with Crippen molar-refractivity contribution in [1.82, 2.24) is 9.80 Å². The van der Waals surface area contributed by atoms with Gasteiger partial charge in [0.25, 0.3) is 5.69 Å². The molecule has 2 aliphatic rings. The summed E-state index contributed by atoms with van der Waals surface area (Å²) in [5.74, 6) is -0.0544. The van der Waals surface area contributed by atoms with E-state index in [9.17, 15) is 14.9 Å². The van der Waals surface area contributed by atoms with Crippen LogP contribution in [0.2, 0.25) is 0 Å². The molecule has 0 aliphatic carbocycles. The van der Waals surface area contributed by atoms with Gasteiger partial charge in [-0.05, 0) is 51.8 Å². The summed E-state index contributed by atoms with van der Waals surface area (Å²) in [6, 6.07) is 4.99. The molecule has 2 aliphatic heterocycles. The van der Waals surface area contributed by atoms with E-state index in [1.165, 1.54) is 25.0 Å². The van der Waals surface area contributed by atoms with Crippen LogP contribution in [-0.4, -0.2) is 71.6 Å². The van der Waals surface area contributed by atoms with Crippen molar-refractivity contribution in [3.05, 3.63) is 33.9 Å². The molecule has 0 saturated carbocycles. The fourth-order valence-corrected chi connectivity index (χ4v) is 4.49. The van der Waals surface area contributed by atoms with E-state index in [1.54, 1.807) is 13.0 Å². The lowest BCUT2D eigenvalue weighted by molar-refractivity contribution is -0.384. The second kappa shape index (κ2) is 9.65. The maximum Gasteiger partial charge on any atom is 0.269 e. The highest BCUT2D eigenvalue weighted by atomic mass is 16.6. The van der Waals surface area contributed by atoms with Crippen molar-refractivity contribution in [2.75, 3.05) is 38.0 Å². The summed E-state index contributed by atoms with van der Waals surface area (Å²) in [6.07, 6.45) is 3.29. The molecular weight excluding hydrogens is 372 g/mol. The molecule has 1 N–H and O–H groups in total. The Hall–Kier alpha value is -2.03. The number of carbonyl (C=O) groups excluding carboxylic acids is 1. The minimum atomic E-state index is -0.428. The summed E-state index contributed by atoms with van der Waals surface area (Å²) >= 11 is 0. The number of nitrogens with zero attached hydrogens (tertiary/aromatic N) is 3. The van der Waals surface area contributed by atoms with Gasteiger partial charge in [0.1, 0.15) is 0 Å². The first-order valence-corrected chi connectivity index (χ1v) is 10.5. The molecule has 160 valence electrons. The number of hydrogen-bond donors (Lipinski definition) is 1. The van der Waals surface area contributed by atoms with Crippen LogP contribution >= 0.6 is 0 Å². The Kier molecular flexibility index (Phi) is 7.21. The molecule has 0 spiro atoms. The molecule has 1 amide bonds. The van der Waals surface area contributed by atoms with Gasteiger partial charge in [-0.15, -0.1) is 0 Å². The lowest BCUT2D eigenvalue weighted by Gasteiger charge is -2.38. The van der Waals surface area contributed by atoms with Crippen LogP contribution in [0.5, 0.6) is 0 Å². The molecule has 29 heavy (non-hydrogen) atoms. The van der Waals surface area contributed by atoms with Crippen LogP contribution in [0.1, 0.15) is 38.7 Å². The molecule has 2 fully saturated rings. The summed E-state index contributed by atoms with van der Waals surface area (Å²) in [6.45, 7) is 10.7. The Balaban J connectivity index is 1.48. The molecule has 1 aromatic rings. The van der Waals surface area contributed by atoms with Gasteiger partial charge in [-0.1, -0.05) is 0 Å². The van der Waals surface area contributed by atoms with Crippen molar-refractivity contribution in [2.24, 2.45) is 0 Å². The van der Waals surface area contributed by atoms with E-state index < -0.39 is 4.92 Å². The predicted molar refractivity (Wildman–Crippen MR) is 112 cm³/mol. The number of aryl methyl sites for hydroxylation is 1. The number of likely N-dealkylation sites (tertiary alicyclic amines) is 1. The van der Waals surface area contributed by atoms with Gasteiger partial charge in [0, 0.05) is 56.5 Å². The SMILES string of the molecule is Cc1cc([N+](=O)[O-])ccc1NC(=O)CCN1CCCC1CN1CC(C)OC(C)C1. The van der Waals surface area contributed by atoms with Crippen molar-refractivity contribution in [2.45, 2.75) is 58.3 Å². The summed E-state index contributed by atoms with van der Waals surface area (Å²) in [7, 11) is 0. The topological polar surface area (TPSA) is 88.0 Å². The van der Waals surface area contributed by atoms with Gasteiger partial charge in [0.05, 0.1) is 17.1 Å². The number of ether oxygens (including phenoxy) is 1. The summed E-state index contributed by atoms with van der Waals surface area (Å²) in [4.78, 5) is 27.8. The van der Waals surface area contributed by atoms with Crippen molar-refractivity contribution in [3.63, 3.8) is 0 Å². The fraction of sp³-hybridized carbons (Fsp3) is 0.667. The first-order chi connectivity index (χ1) is 13.8. The van der Waals surface area contributed by atoms with Crippen molar-refractivity contribution in [1.29, 1.82) is 0 Å². The molecule has 0 radical (unpaired) electrons. The molecular formula is C21H32N4O4. The zero-order valence-electron chi connectivity index (χ0n) is 17.6. The monoisotopic (exact) mass is 404 g/mol. The predicted octanol–water partition coefficient (Wildman–Crippen LogP) is 2.81. The Morgan fingerprint density at radius 1 is 1.31 bits per heavy atom. The van der Waals surface area contributed by atoms with Crippen molar-refractivity contribution < 1.29 is 14.5 Å². The standard InChI is InChI=1S/C21H32N4O4/c1-15-11-18(25(27)28)6-7-20(15)22-21(26)8-10-24-9-4-5-19(24)14-23-12-16(2)29-17(3)13-23/h6-7,11,16-17,19H,4-5,8-10,12-14H2,1-3H3,(H,22,26). The lowest BCUT2D eigenvalue weighted by Crippen LogP contribution is -2.50. The number of nitro benzene ring substituents is 1. The number of amides is 1. The first kappa shape index (κ1) is 21.7. The number of nitrogens with one attached hydrogen (secondary N) is 1. The number of non-ortho nitro benzene ring substituents is 1. The van der Waals surface area contributed by atoms with Crippen LogP contribution in [0.25, 0.3) is 0 Å². The van der Waals surface area contributed by atoms with Gasteiger partial charge >= 0.3 is 0 Å². The van der Waals surface area contributed by atoms with Gasteiger partial charge in [0.2, 0.25) is 5.91 Å². The zero-order valence-corrected chi connectivity index (χ0v) is 17.6. The summed E-state index contributed by atoms with van der Waals surface area (Å²) in [5, 5.41) is 13.7. The van der Waals surface area contributed by atoms with Gasteiger partial charge in [-0.25, -0.2) is 0 Å². The second-order valence-electron chi connectivity index (χ2n) is 8.36. The van der Waals surface area contributed by atoms with E-state index in [-0.39, 0.29) is 23.8 Å². The number of nitro groups is 1. The molecule has 2 heterocycles. The maximum absolute atomic E-state index is 12.4. The third-order valence-electron chi connectivity index (χ3n) is 5.78. The van der Waals surface area contributed by atoms with Crippen LogP contribution in [0.4, 0.5) is 11.4 Å². The van der Waals surface area contributed by atoms with Crippen LogP contribution < -0.4 is 5.32 Å². The molecule has 3 rings (SSSR count). The minimum Gasteiger partial charge on any atom is -0.373 e. The van der Waals surface area contributed by atoms with Crippen molar-refractivity contribution in [3.8, 4) is 0 Å². The van der Waals surface area contributed by atoms with E-state index in [1.807, 2.05) is 0 Å². The van der Waals surface area contributed by atoms with E-state index in [0.29, 0.717) is 23.7 Å². The number of morpholine rings is 1. The van der Waals surface area contributed by atoms with E-state index in [4.69, 9.17) is 4.74 Å². The van der Waals surface area contributed by atoms with Gasteiger partial charge in [-0.3, -0.25) is 24.7 Å². The number of anilines is 1. The van der Waals surface area contributed by atoms with E-state index in [0.717, 1.165) is 32.7 Å². The highest BCUT2D eigenvalue weighted by Gasteiger charge is 2.30. The Labute approximate surface area is 172 Å². The quantitative estimate of drug-likeness (QED) is 0.555. The Bertz CT molecular complexity index is 731. The lowest BCUT2D eigenvalue weighted by atomic mass is 10.1. The molecule has 2 saturated heterocycles. The van der Waals surface area contributed by atoms with Crippen LogP contribution in [0.3, 0.4) is 0 Å². The molecule has 8 heteroatoms. The number of carbonyl (C=O) groups is 1. The third kappa shape index (κ3) is 5.98. The number of benzene rings is 1. The highest BCUT2D eigenvalue weighted by Crippen LogP contribution is 2.23. The van der Waals surface area contributed by atoms with E-state index >= 15 is 0 Å². The van der Waals surface area contributed by atoms with Gasteiger partial charge in [-0.2, -0.15) is 0 Å². The summed E-state index contributed by atoms with van der Waals surface area (Å²) in [5.41, 5.74) is 1.36. The largest absolute Gasteiger partial charge is 0.373 e. The van der Waals surface area contributed by atoms with Crippen LogP contribution in [-0.2, 0) is 9.53 Å². The minimum absolute atomic E-state index is 0.0344. The fourth-order valence-electron chi connectivity index (χ4n) is 4.49. The normalized spacial score (nSPS) is 25.8. The Morgan fingerprint density at radius 2 is 2.03 bits per heavy atom. The smallest absolute Gasteiger partial charge is 0.269 e. The molecule has 1 aromatic carbocycles. The van der Waals surface area contributed by atoms with Crippen LogP contribution in [0, 0.1) is 17.0 Å². The molecule has 8 nitrogen and oxygen atoms in total.